The normalized spacial score (nSPS) is 28.7. The third-order valence-electron chi connectivity index (χ3n) is 3.77. The van der Waals surface area contributed by atoms with Gasteiger partial charge in [-0.1, -0.05) is 6.92 Å². The van der Waals surface area contributed by atoms with E-state index in [1.807, 2.05) is 0 Å². The number of aliphatic hydroxyl groups is 1. The fraction of sp³-hybridized carbons (Fsp3) is 0.800. The zero-order valence-corrected chi connectivity index (χ0v) is 16.1. The first-order valence-electron chi connectivity index (χ1n) is 8.27. The summed E-state index contributed by atoms with van der Waals surface area (Å²) < 4.78 is 39.6. The second-order valence-electron chi connectivity index (χ2n) is 5.98. The van der Waals surface area contributed by atoms with Crippen molar-refractivity contribution in [2.75, 3.05) is 18.9 Å². The van der Waals surface area contributed by atoms with E-state index in [9.17, 15) is 23.7 Å². The molecule has 0 radical (unpaired) electrons. The molecule has 6 atom stereocenters. The van der Waals surface area contributed by atoms with Crippen LogP contribution < -0.4 is 5.32 Å². The molecule has 3 N–H and O–H groups in total. The lowest BCUT2D eigenvalue weighted by Crippen LogP contribution is -2.57. The van der Waals surface area contributed by atoms with Crippen LogP contribution in [-0.2, 0) is 39.6 Å². The fourth-order valence-electron chi connectivity index (χ4n) is 2.52. The zero-order valence-electron chi connectivity index (χ0n) is 15.3. The lowest BCUT2D eigenvalue weighted by atomic mass is 9.90. The van der Waals surface area contributed by atoms with Crippen LogP contribution in [0.3, 0.4) is 0 Å². The molecule has 12 heteroatoms. The molecular formula is C15H25NO10S. The van der Waals surface area contributed by atoms with Gasteiger partial charge in [0.25, 0.3) is 0 Å². The first-order valence-corrected chi connectivity index (χ1v) is 9.55. The van der Waals surface area contributed by atoms with E-state index in [0.717, 1.165) is 6.92 Å². The summed E-state index contributed by atoms with van der Waals surface area (Å²) in [5.74, 6) is -1.83. The van der Waals surface area contributed by atoms with Crippen molar-refractivity contribution >= 4 is 29.1 Å². The third-order valence-corrected chi connectivity index (χ3v) is 4.41. The van der Waals surface area contributed by atoms with Crippen molar-refractivity contribution in [1.29, 1.82) is 0 Å². The number of nitrogens with one attached hydrogen (secondary N) is 1. The first-order chi connectivity index (χ1) is 12.6. The number of carbonyl (C=O) groups excluding carboxylic acids is 3. The molecule has 1 rings (SSSR count). The van der Waals surface area contributed by atoms with Crippen molar-refractivity contribution in [2.45, 2.75) is 51.8 Å². The smallest absolute Gasteiger partial charge is 0.407 e. The SMILES string of the molecule is CC(=O)O[C@H]1[C@H](C)[C@@H](COC(=O)NCCCS(=O)O)OC(O)[C@@H]1OC(C)=O. The average Bonchev–Trinajstić information content (AvgIpc) is 2.55. The number of alkyl carbamates (subject to hydrolysis) is 1. The summed E-state index contributed by atoms with van der Waals surface area (Å²) in [7, 11) is 0. The molecular weight excluding hydrogens is 386 g/mol. The van der Waals surface area contributed by atoms with Gasteiger partial charge in [-0.25, -0.2) is 9.00 Å². The first kappa shape index (κ1) is 23.3. The third kappa shape index (κ3) is 8.20. The molecule has 1 heterocycles. The number of carbonyl (C=O) groups is 3. The highest BCUT2D eigenvalue weighted by Gasteiger charge is 2.47. The van der Waals surface area contributed by atoms with Crippen molar-refractivity contribution < 1.29 is 47.2 Å². The van der Waals surface area contributed by atoms with Crippen molar-refractivity contribution in [2.24, 2.45) is 5.92 Å². The van der Waals surface area contributed by atoms with Gasteiger partial charge in [0.1, 0.15) is 18.8 Å². The van der Waals surface area contributed by atoms with E-state index in [0.29, 0.717) is 6.42 Å². The highest BCUT2D eigenvalue weighted by atomic mass is 32.2. The Morgan fingerprint density at radius 3 is 2.30 bits per heavy atom. The van der Waals surface area contributed by atoms with E-state index in [-0.39, 0.29) is 18.9 Å². The van der Waals surface area contributed by atoms with Gasteiger partial charge in [0.05, 0.1) is 5.75 Å². The number of aliphatic hydroxyl groups excluding tert-OH is 1. The molecule has 27 heavy (non-hydrogen) atoms. The van der Waals surface area contributed by atoms with Crippen molar-refractivity contribution in [3.8, 4) is 0 Å². The van der Waals surface area contributed by atoms with E-state index in [1.54, 1.807) is 6.92 Å². The quantitative estimate of drug-likeness (QED) is 0.206. The van der Waals surface area contributed by atoms with Crippen LogP contribution in [0, 0.1) is 5.92 Å². The van der Waals surface area contributed by atoms with Gasteiger partial charge in [0.15, 0.2) is 23.5 Å². The standard InChI is InChI=1S/C15H25NO10S/c1-8-11(7-23-15(20)16-5-4-6-27(21)22)26-14(19)13(25-10(3)18)12(8)24-9(2)17/h8,11-14,19H,4-7H2,1-3H3,(H,16,20)(H,21,22)/t8-,11-,12+,13-,14?/m1/s1. The van der Waals surface area contributed by atoms with E-state index in [2.05, 4.69) is 5.32 Å². The highest BCUT2D eigenvalue weighted by Crippen LogP contribution is 2.29. The summed E-state index contributed by atoms with van der Waals surface area (Å²) in [5.41, 5.74) is 0. The molecule has 0 aromatic rings. The molecule has 1 amide bonds. The number of ether oxygens (including phenoxy) is 4. The van der Waals surface area contributed by atoms with Crippen molar-refractivity contribution in [3.63, 3.8) is 0 Å². The monoisotopic (exact) mass is 411 g/mol. The number of amides is 1. The Hall–Kier alpha value is -1.76. The van der Waals surface area contributed by atoms with Crippen LogP contribution in [0.15, 0.2) is 0 Å². The van der Waals surface area contributed by atoms with Crippen LogP contribution >= 0.6 is 0 Å². The van der Waals surface area contributed by atoms with Crippen LogP contribution in [0.4, 0.5) is 4.79 Å². The maximum Gasteiger partial charge on any atom is 0.407 e. The molecule has 0 saturated carbocycles. The van der Waals surface area contributed by atoms with Crippen LogP contribution in [0.25, 0.3) is 0 Å². The Morgan fingerprint density at radius 2 is 1.74 bits per heavy atom. The van der Waals surface area contributed by atoms with E-state index < -0.39 is 59.6 Å². The van der Waals surface area contributed by atoms with Crippen LogP contribution in [-0.4, -0.2) is 75.4 Å². The van der Waals surface area contributed by atoms with Crippen LogP contribution in [0.1, 0.15) is 27.2 Å². The van der Waals surface area contributed by atoms with Crippen molar-refractivity contribution in [1.82, 2.24) is 5.32 Å². The Labute approximate surface area is 159 Å². The van der Waals surface area contributed by atoms with E-state index in [1.165, 1.54) is 6.92 Å². The van der Waals surface area contributed by atoms with Gasteiger partial charge < -0.3 is 33.9 Å². The van der Waals surface area contributed by atoms with Gasteiger partial charge >= 0.3 is 18.0 Å². The van der Waals surface area contributed by atoms with Gasteiger partial charge in [-0.15, -0.1) is 0 Å². The number of hydrogen-bond acceptors (Lipinski definition) is 9. The Morgan fingerprint density at radius 1 is 1.15 bits per heavy atom. The lowest BCUT2D eigenvalue weighted by Gasteiger charge is -2.42. The molecule has 0 aliphatic carbocycles. The molecule has 1 aliphatic rings. The Balaban J connectivity index is 2.60. The number of hydrogen-bond donors (Lipinski definition) is 3. The fourth-order valence-corrected chi connectivity index (χ4v) is 2.91. The maximum absolute atomic E-state index is 11.6. The summed E-state index contributed by atoms with van der Waals surface area (Å²) in [6, 6.07) is 0. The van der Waals surface area contributed by atoms with Gasteiger partial charge in [-0.3, -0.25) is 9.59 Å². The van der Waals surface area contributed by atoms with Gasteiger partial charge in [-0.05, 0) is 6.42 Å². The second-order valence-corrected chi connectivity index (χ2v) is 7.03. The summed E-state index contributed by atoms with van der Waals surface area (Å²) >= 11 is -1.93. The minimum atomic E-state index is -1.93. The topological polar surface area (TPSA) is 158 Å². The number of esters is 2. The molecule has 11 nitrogen and oxygen atoms in total. The summed E-state index contributed by atoms with van der Waals surface area (Å²) in [6.07, 6.45) is -5.03. The molecule has 1 fully saturated rings. The Bertz CT molecular complexity index is 557. The van der Waals surface area contributed by atoms with Gasteiger partial charge in [-0.2, -0.15) is 0 Å². The maximum atomic E-state index is 11.6. The predicted molar refractivity (Wildman–Crippen MR) is 90.8 cm³/mol. The second kappa shape index (κ2) is 11.2. The molecule has 2 unspecified atom stereocenters. The van der Waals surface area contributed by atoms with Crippen LogP contribution in [0.2, 0.25) is 0 Å². The predicted octanol–water partition coefficient (Wildman–Crippen LogP) is -0.459. The highest BCUT2D eigenvalue weighted by molar-refractivity contribution is 7.79. The molecule has 0 aromatic carbocycles. The summed E-state index contributed by atoms with van der Waals surface area (Å²) in [5, 5.41) is 12.5. The Kier molecular flexibility index (Phi) is 9.63. The molecule has 1 saturated heterocycles. The summed E-state index contributed by atoms with van der Waals surface area (Å²) in [6.45, 7) is 3.87. The van der Waals surface area contributed by atoms with Gasteiger partial charge in [0, 0.05) is 26.3 Å². The molecule has 0 aromatic heterocycles. The largest absolute Gasteiger partial charge is 0.458 e. The minimum Gasteiger partial charge on any atom is -0.458 e. The zero-order chi connectivity index (χ0) is 20.6. The minimum absolute atomic E-state index is 0.0246. The van der Waals surface area contributed by atoms with E-state index >= 15 is 0 Å². The average molecular weight is 411 g/mol. The molecule has 1 aliphatic heterocycles. The van der Waals surface area contributed by atoms with Crippen LogP contribution in [0.5, 0.6) is 0 Å². The molecule has 0 bridgehead atoms. The molecule has 0 spiro atoms. The van der Waals surface area contributed by atoms with E-state index in [4.69, 9.17) is 23.5 Å². The summed E-state index contributed by atoms with van der Waals surface area (Å²) in [4.78, 5) is 34.2. The number of rotatable bonds is 8. The lowest BCUT2D eigenvalue weighted by molar-refractivity contribution is -0.279. The van der Waals surface area contributed by atoms with Gasteiger partial charge in [0.2, 0.25) is 0 Å². The molecule has 156 valence electrons. The van der Waals surface area contributed by atoms with Crippen molar-refractivity contribution in [3.05, 3.63) is 0 Å².